The molecule has 0 spiro atoms. The maximum atomic E-state index is 5.81. The Kier molecular flexibility index (Phi) is 4.25. The molecular formula is C15H24N2O. The second-order valence-corrected chi connectivity index (χ2v) is 5.51. The lowest BCUT2D eigenvalue weighted by Gasteiger charge is -2.36. The van der Waals surface area contributed by atoms with E-state index < -0.39 is 0 Å². The lowest BCUT2D eigenvalue weighted by atomic mass is 10.1. The van der Waals surface area contributed by atoms with Gasteiger partial charge in [0.05, 0.1) is 12.2 Å². The molecule has 1 fully saturated rings. The van der Waals surface area contributed by atoms with Crippen LogP contribution in [0.3, 0.4) is 0 Å². The summed E-state index contributed by atoms with van der Waals surface area (Å²) in [5.41, 5.74) is 8.41. The van der Waals surface area contributed by atoms with Crippen LogP contribution in [-0.2, 0) is 11.2 Å². The highest BCUT2D eigenvalue weighted by molar-refractivity contribution is 5.48. The lowest BCUT2D eigenvalue weighted by molar-refractivity contribution is -0.00521. The van der Waals surface area contributed by atoms with Gasteiger partial charge in [-0.15, -0.1) is 0 Å². The standard InChI is InChI=1S/C15H24N2O/c1-11(16)8-14-4-6-15(7-5-14)17-9-12(2)18-13(3)10-17/h4-7,11-13H,8-10,16H2,1-3H3/t11?,12-,13+. The van der Waals surface area contributed by atoms with E-state index in [0.717, 1.165) is 19.5 Å². The Morgan fingerprint density at radius 1 is 1.22 bits per heavy atom. The van der Waals surface area contributed by atoms with E-state index in [1.165, 1.54) is 11.3 Å². The van der Waals surface area contributed by atoms with Gasteiger partial charge >= 0.3 is 0 Å². The normalized spacial score (nSPS) is 26.1. The molecule has 1 aromatic rings. The van der Waals surface area contributed by atoms with Crippen LogP contribution in [0.2, 0.25) is 0 Å². The van der Waals surface area contributed by atoms with E-state index in [2.05, 4.69) is 43.0 Å². The minimum absolute atomic E-state index is 0.222. The molecule has 1 aliphatic heterocycles. The number of benzene rings is 1. The van der Waals surface area contributed by atoms with Gasteiger partial charge in [-0.25, -0.2) is 0 Å². The van der Waals surface area contributed by atoms with Gasteiger partial charge in [0.25, 0.3) is 0 Å². The zero-order chi connectivity index (χ0) is 13.1. The Hall–Kier alpha value is -1.06. The fourth-order valence-electron chi connectivity index (χ4n) is 2.60. The molecule has 100 valence electrons. The Morgan fingerprint density at radius 3 is 2.28 bits per heavy atom. The monoisotopic (exact) mass is 248 g/mol. The highest BCUT2D eigenvalue weighted by Crippen LogP contribution is 2.21. The van der Waals surface area contributed by atoms with E-state index in [4.69, 9.17) is 10.5 Å². The van der Waals surface area contributed by atoms with Gasteiger partial charge in [0, 0.05) is 24.8 Å². The predicted octanol–water partition coefficient (Wildman–Crippen LogP) is 2.19. The highest BCUT2D eigenvalue weighted by Gasteiger charge is 2.22. The van der Waals surface area contributed by atoms with Crippen molar-refractivity contribution in [2.45, 2.75) is 45.4 Å². The van der Waals surface area contributed by atoms with Crippen molar-refractivity contribution in [3.05, 3.63) is 29.8 Å². The van der Waals surface area contributed by atoms with Gasteiger partial charge in [-0.1, -0.05) is 12.1 Å². The Labute approximate surface area is 110 Å². The van der Waals surface area contributed by atoms with Crippen LogP contribution in [0.5, 0.6) is 0 Å². The molecule has 1 saturated heterocycles. The molecule has 3 heteroatoms. The molecule has 2 rings (SSSR count). The summed E-state index contributed by atoms with van der Waals surface area (Å²) in [6, 6.07) is 8.98. The summed E-state index contributed by atoms with van der Waals surface area (Å²) in [6.07, 6.45) is 1.55. The Morgan fingerprint density at radius 2 is 1.78 bits per heavy atom. The summed E-state index contributed by atoms with van der Waals surface area (Å²) in [7, 11) is 0. The summed E-state index contributed by atoms with van der Waals surface area (Å²) in [5.74, 6) is 0. The number of anilines is 1. The fourth-order valence-corrected chi connectivity index (χ4v) is 2.60. The first-order chi connectivity index (χ1) is 8.54. The van der Waals surface area contributed by atoms with Crippen LogP contribution in [0.15, 0.2) is 24.3 Å². The van der Waals surface area contributed by atoms with Gasteiger partial charge in [0.1, 0.15) is 0 Å². The van der Waals surface area contributed by atoms with Crippen molar-refractivity contribution in [2.75, 3.05) is 18.0 Å². The van der Waals surface area contributed by atoms with Gasteiger partial charge in [0.2, 0.25) is 0 Å². The molecular weight excluding hydrogens is 224 g/mol. The lowest BCUT2D eigenvalue weighted by Crippen LogP contribution is -2.45. The average molecular weight is 248 g/mol. The molecule has 2 N–H and O–H groups in total. The molecule has 0 saturated carbocycles. The number of nitrogens with zero attached hydrogens (tertiary/aromatic N) is 1. The van der Waals surface area contributed by atoms with Gasteiger partial charge in [0.15, 0.2) is 0 Å². The van der Waals surface area contributed by atoms with Crippen molar-refractivity contribution in [3.8, 4) is 0 Å². The first kappa shape index (κ1) is 13.4. The molecule has 3 atom stereocenters. The second-order valence-electron chi connectivity index (χ2n) is 5.51. The first-order valence-electron chi connectivity index (χ1n) is 6.79. The van der Waals surface area contributed by atoms with Crippen LogP contribution in [-0.4, -0.2) is 31.3 Å². The number of ether oxygens (including phenoxy) is 1. The second kappa shape index (κ2) is 5.72. The van der Waals surface area contributed by atoms with E-state index in [-0.39, 0.29) is 6.04 Å². The topological polar surface area (TPSA) is 38.5 Å². The third-order valence-electron chi connectivity index (χ3n) is 3.28. The number of hydrogen-bond acceptors (Lipinski definition) is 3. The minimum atomic E-state index is 0.222. The van der Waals surface area contributed by atoms with E-state index in [0.29, 0.717) is 12.2 Å². The predicted molar refractivity (Wildman–Crippen MR) is 76.0 cm³/mol. The van der Waals surface area contributed by atoms with Crippen LogP contribution in [0.25, 0.3) is 0 Å². The summed E-state index contributed by atoms with van der Waals surface area (Å²) >= 11 is 0. The maximum Gasteiger partial charge on any atom is 0.0726 e. The summed E-state index contributed by atoms with van der Waals surface area (Å²) in [5, 5.41) is 0. The number of nitrogens with two attached hydrogens (primary N) is 1. The minimum Gasteiger partial charge on any atom is -0.372 e. The van der Waals surface area contributed by atoms with Crippen molar-refractivity contribution >= 4 is 5.69 Å². The molecule has 0 aromatic heterocycles. The number of morpholine rings is 1. The van der Waals surface area contributed by atoms with Gasteiger partial charge in [-0.05, 0) is 44.9 Å². The first-order valence-corrected chi connectivity index (χ1v) is 6.79. The van der Waals surface area contributed by atoms with Gasteiger partial charge in [-0.2, -0.15) is 0 Å². The molecule has 0 aliphatic carbocycles. The van der Waals surface area contributed by atoms with Crippen LogP contribution in [0.4, 0.5) is 5.69 Å². The Balaban J connectivity index is 2.04. The third-order valence-corrected chi connectivity index (χ3v) is 3.28. The fraction of sp³-hybridized carbons (Fsp3) is 0.600. The highest BCUT2D eigenvalue weighted by atomic mass is 16.5. The molecule has 0 radical (unpaired) electrons. The van der Waals surface area contributed by atoms with E-state index in [9.17, 15) is 0 Å². The van der Waals surface area contributed by atoms with E-state index >= 15 is 0 Å². The van der Waals surface area contributed by atoms with Crippen molar-refractivity contribution in [1.82, 2.24) is 0 Å². The van der Waals surface area contributed by atoms with Crippen LogP contribution < -0.4 is 10.6 Å². The van der Waals surface area contributed by atoms with Crippen molar-refractivity contribution in [3.63, 3.8) is 0 Å². The SMILES string of the molecule is CC(N)Cc1ccc(N2C[C@@H](C)O[C@@H](C)C2)cc1. The summed E-state index contributed by atoms with van der Waals surface area (Å²) < 4.78 is 5.76. The molecule has 1 aliphatic rings. The average Bonchev–Trinajstić information content (AvgIpc) is 2.27. The van der Waals surface area contributed by atoms with Crippen LogP contribution >= 0.6 is 0 Å². The molecule has 1 heterocycles. The summed E-state index contributed by atoms with van der Waals surface area (Å²) in [6.45, 7) is 8.24. The van der Waals surface area contributed by atoms with Gasteiger partial charge < -0.3 is 15.4 Å². The molecule has 18 heavy (non-hydrogen) atoms. The maximum absolute atomic E-state index is 5.81. The van der Waals surface area contributed by atoms with Crippen molar-refractivity contribution in [1.29, 1.82) is 0 Å². The van der Waals surface area contributed by atoms with E-state index in [1.807, 2.05) is 6.92 Å². The van der Waals surface area contributed by atoms with Crippen LogP contribution in [0.1, 0.15) is 26.3 Å². The van der Waals surface area contributed by atoms with Crippen molar-refractivity contribution < 1.29 is 4.74 Å². The third kappa shape index (κ3) is 3.47. The largest absolute Gasteiger partial charge is 0.372 e. The molecule has 3 nitrogen and oxygen atoms in total. The molecule has 1 aromatic carbocycles. The quantitative estimate of drug-likeness (QED) is 0.891. The van der Waals surface area contributed by atoms with Crippen molar-refractivity contribution in [2.24, 2.45) is 5.73 Å². The zero-order valence-corrected chi connectivity index (χ0v) is 11.6. The van der Waals surface area contributed by atoms with E-state index in [1.54, 1.807) is 0 Å². The number of rotatable bonds is 3. The van der Waals surface area contributed by atoms with Gasteiger partial charge in [-0.3, -0.25) is 0 Å². The molecule has 0 amide bonds. The molecule has 1 unspecified atom stereocenters. The zero-order valence-electron chi connectivity index (χ0n) is 11.6. The number of hydrogen-bond donors (Lipinski definition) is 1. The Bertz CT molecular complexity index is 365. The molecule has 0 bridgehead atoms. The smallest absolute Gasteiger partial charge is 0.0726 e. The van der Waals surface area contributed by atoms with Crippen LogP contribution in [0, 0.1) is 0 Å². The summed E-state index contributed by atoms with van der Waals surface area (Å²) in [4.78, 5) is 2.40.